The van der Waals surface area contributed by atoms with Crippen molar-refractivity contribution >= 4 is 50.7 Å². The Morgan fingerprint density at radius 3 is 2.43 bits per heavy atom. The Kier molecular flexibility index (Phi) is 10.7. The van der Waals surface area contributed by atoms with E-state index >= 15 is 0 Å². The number of rotatable bonds is 12. The molecule has 0 aliphatic heterocycles. The van der Waals surface area contributed by atoms with Crippen molar-refractivity contribution in [3.63, 3.8) is 0 Å². The number of sulfonamides is 1. The molecule has 8 nitrogen and oxygen atoms in total. The first-order valence-electron chi connectivity index (χ1n) is 11.1. The number of anilines is 1. The minimum Gasteiger partial charge on any atom is -0.497 e. The van der Waals surface area contributed by atoms with Gasteiger partial charge in [0.1, 0.15) is 11.8 Å². The van der Waals surface area contributed by atoms with Crippen LogP contribution >= 0.6 is 23.2 Å². The summed E-state index contributed by atoms with van der Waals surface area (Å²) in [5, 5.41) is 3.48. The Bertz CT molecular complexity index is 1140. The third kappa shape index (κ3) is 8.30. The van der Waals surface area contributed by atoms with E-state index in [1.807, 2.05) is 0 Å². The van der Waals surface area contributed by atoms with E-state index in [1.165, 1.54) is 16.3 Å². The van der Waals surface area contributed by atoms with Crippen molar-refractivity contribution in [1.29, 1.82) is 0 Å². The van der Waals surface area contributed by atoms with E-state index in [-0.39, 0.29) is 37.7 Å². The molecular weight excluding hydrogens is 513 g/mol. The first kappa shape index (κ1) is 28.7. The summed E-state index contributed by atoms with van der Waals surface area (Å²) in [4.78, 5) is 27.2. The first-order chi connectivity index (χ1) is 16.5. The van der Waals surface area contributed by atoms with Gasteiger partial charge in [0, 0.05) is 32.1 Å². The fraction of sp³-hybridized carbons (Fsp3) is 0.417. The monoisotopic (exact) mass is 543 g/mol. The number of nitrogens with zero attached hydrogens (tertiary/aromatic N) is 2. The van der Waals surface area contributed by atoms with Gasteiger partial charge in [0.15, 0.2) is 0 Å². The summed E-state index contributed by atoms with van der Waals surface area (Å²) in [6, 6.07) is 11.0. The Morgan fingerprint density at radius 2 is 1.83 bits per heavy atom. The van der Waals surface area contributed by atoms with E-state index in [0.29, 0.717) is 28.0 Å². The molecule has 0 aliphatic rings. The molecule has 0 aromatic heterocycles. The normalized spacial score (nSPS) is 12.1. The van der Waals surface area contributed by atoms with Crippen molar-refractivity contribution in [2.24, 2.45) is 0 Å². The van der Waals surface area contributed by atoms with Crippen molar-refractivity contribution in [1.82, 2.24) is 10.2 Å². The second kappa shape index (κ2) is 13.0. The van der Waals surface area contributed by atoms with Crippen LogP contribution in [0.3, 0.4) is 0 Å². The van der Waals surface area contributed by atoms with Gasteiger partial charge in [-0.2, -0.15) is 0 Å². The molecule has 2 rings (SSSR count). The average Bonchev–Trinajstić information content (AvgIpc) is 2.81. The summed E-state index contributed by atoms with van der Waals surface area (Å²) in [7, 11) is -2.09. The summed E-state index contributed by atoms with van der Waals surface area (Å²) >= 11 is 12.1. The summed E-state index contributed by atoms with van der Waals surface area (Å²) in [6.45, 7) is 4.13. The maximum Gasteiger partial charge on any atom is 0.242 e. The van der Waals surface area contributed by atoms with Crippen molar-refractivity contribution in [2.45, 2.75) is 39.3 Å². The fourth-order valence-electron chi connectivity index (χ4n) is 3.51. The Hall–Kier alpha value is -2.49. The lowest BCUT2D eigenvalue weighted by atomic mass is 10.1. The summed E-state index contributed by atoms with van der Waals surface area (Å²) in [5.74, 6) is -0.0419. The number of carbonyl (C=O) groups is 2. The van der Waals surface area contributed by atoms with Crippen molar-refractivity contribution < 1.29 is 22.7 Å². The Labute approximate surface area is 217 Å². The molecule has 1 unspecified atom stereocenters. The van der Waals surface area contributed by atoms with Gasteiger partial charge >= 0.3 is 0 Å². The molecule has 1 N–H and O–H groups in total. The number of nitrogens with one attached hydrogen (secondary N) is 1. The summed E-state index contributed by atoms with van der Waals surface area (Å²) in [5.41, 5.74) is 1.17. The second-order valence-corrected chi connectivity index (χ2v) is 10.7. The van der Waals surface area contributed by atoms with Crippen LogP contribution in [0.15, 0.2) is 42.5 Å². The lowest BCUT2D eigenvalue weighted by molar-refractivity contribution is -0.140. The molecule has 35 heavy (non-hydrogen) atoms. The number of hydrogen-bond donors (Lipinski definition) is 1. The molecule has 11 heteroatoms. The molecule has 2 aromatic carbocycles. The first-order valence-corrected chi connectivity index (χ1v) is 13.7. The predicted molar refractivity (Wildman–Crippen MR) is 140 cm³/mol. The van der Waals surface area contributed by atoms with Crippen LogP contribution in [0, 0.1) is 0 Å². The highest BCUT2D eigenvalue weighted by molar-refractivity contribution is 7.92. The van der Waals surface area contributed by atoms with Gasteiger partial charge in [-0.1, -0.05) is 35.3 Å². The zero-order valence-electron chi connectivity index (χ0n) is 20.3. The maximum atomic E-state index is 13.2. The molecule has 2 amide bonds. The zero-order valence-corrected chi connectivity index (χ0v) is 22.6. The number of likely N-dealkylation sites (N-methyl/N-ethyl adjacent to an activating group) is 1. The molecule has 192 valence electrons. The Balaban J connectivity index is 2.19. The molecule has 0 saturated carbocycles. The van der Waals surface area contributed by atoms with Gasteiger partial charge in [0.05, 0.1) is 29.1 Å². The molecule has 2 aromatic rings. The van der Waals surface area contributed by atoms with Crippen LogP contribution in [0.4, 0.5) is 5.69 Å². The molecule has 0 spiro atoms. The molecular formula is C24H31Cl2N3O5S. The topological polar surface area (TPSA) is 96.0 Å². The van der Waals surface area contributed by atoms with Gasteiger partial charge in [-0.05, 0) is 50.1 Å². The number of ether oxygens (including phenoxy) is 1. The molecule has 0 heterocycles. The minimum absolute atomic E-state index is 0.0427. The van der Waals surface area contributed by atoms with E-state index in [9.17, 15) is 18.0 Å². The molecule has 0 radical (unpaired) electrons. The Morgan fingerprint density at radius 1 is 1.11 bits per heavy atom. The van der Waals surface area contributed by atoms with Crippen molar-refractivity contribution in [2.75, 3.05) is 30.8 Å². The third-order valence-corrected chi connectivity index (χ3v) is 7.28. The second-order valence-electron chi connectivity index (χ2n) is 7.98. The number of benzene rings is 2. The molecule has 1 atom stereocenters. The van der Waals surface area contributed by atoms with Crippen LogP contribution in [-0.4, -0.2) is 57.6 Å². The SMILES string of the molecule is CCNC(=O)C(C)N(Cc1ccc(Cl)c(Cl)c1)C(=O)CCCN(c1cccc(OC)c1)S(C)(=O)=O. The van der Waals surface area contributed by atoms with Crippen molar-refractivity contribution in [3.8, 4) is 5.75 Å². The number of hydrogen-bond acceptors (Lipinski definition) is 5. The van der Waals surface area contributed by atoms with E-state index in [1.54, 1.807) is 56.3 Å². The number of amides is 2. The van der Waals surface area contributed by atoms with Crippen LogP contribution in [0.1, 0.15) is 32.3 Å². The van der Waals surface area contributed by atoms with E-state index in [2.05, 4.69) is 5.32 Å². The average molecular weight is 545 g/mol. The largest absolute Gasteiger partial charge is 0.497 e. The van der Waals surface area contributed by atoms with Gasteiger partial charge in [-0.15, -0.1) is 0 Å². The van der Waals surface area contributed by atoms with Crippen LogP contribution < -0.4 is 14.4 Å². The number of methoxy groups -OCH3 is 1. The standard InChI is InChI=1S/C24H31Cl2N3O5S/c1-5-27-24(31)17(2)28(16-18-11-12-21(25)22(26)14-18)23(30)10-7-13-29(35(4,32)33)19-8-6-9-20(15-19)34-3/h6,8-9,11-12,14-15,17H,5,7,10,13,16H2,1-4H3,(H,27,31). The zero-order chi connectivity index (χ0) is 26.2. The van der Waals surface area contributed by atoms with Crippen LogP contribution in [0.25, 0.3) is 0 Å². The summed E-state index contributed by atoms with van der Waals surface area (Å²) in [6.07, 6.45) is 1.41. The molecule has 0 saturated heterocycles. The van der Waals surface area contributed by atoms with Gasteiger partial charge in [-0.3, -0.25) is 13.9 Å². The smallest absolute Gasteiger partial charge is 0.242 e. The lowest BCUT2D eigenvalue weighted by Gasteiger charge is -2.29. The molecule has 0 aliphatic carbocycles. The fourth-order valence-corrected chi connectivity index (χ4v) is 4.79. The van der Waals surface area contributed by atoms with Crippen LogP contribution in [0.5, 0.6) is 5.75 Å². The van der Waals surface area contributed by atoms with Gasteiger partial charge < -0.3 is 15.0 Å². The van der Waals surface area contributed by atoms with Gasteiger partial charge in [0.25, 0.3) is 0 Å². The van der Waals surface area contributed by atoms with Crippen molar-refractivity contribution in [3.05, 3.63) is 58.1 Å². The third-order valence-electron chi connectivity index (χ3n) is 5.35. The summed E-state index contributed by atoms with van der Waals surface area (Å²) < 4.78 is 31.3. The maximum absolute atomic E-state index is 13.2. The lowest BCUT2D eigenvalue weighted by Crippen LogP contribution is -2.47. The molecule has 0 fully saturated rings. The van der Waals surface area contributed by atoms with Crippen LogP contribution in [-0.2, 0) is 26.2 Å². The highest BCUT2D eigenvalue weighted by atomic mass is 35.5. The van der Waals surface area contributed by atoms with Crippen LogP contribution in [0.2, 0.25) is 10.0 Å². The highest BCUT2D eigenvalue weighted by Gasteiger charge is 2.26. The molecule has 0 bridgehead atoms. The predicted octanol–water partition coefficient (Wildman–Crippen LogP) is 4.10. The van der Waals surface area contributed by atoms with E-state index in [0.717, 1.165) is 11.8 Å². The van der Waals surface area contributed by atoms with Gasteiger partial charge in [0.2, 0.25) is 21.8 Å². The minimum atomic E-state index is -3.59. The number of halogens is 2. The van der Waals surface area contributed by atoms with E-state index < -0.39 is 16.1 Å². The van der Waals surface area contributed by atoms with E-state index in [4.69, 9.17) is 27.9 Å². The van der Waals surface area contributed by atoms with Gasteiger partial charge in [-0.25, -0.2) is 8.42 Å². The highest BCUT2D eigenvalue weighted by Crippen LogP contribution is 2.25. The quantitative estimate of drug-likeness (QED) is 0.434. The number of carbonyl (C=O) groups excluding carboxylic acids is 2.